The van der Waals surface area contributed by atoms with Crippen LogP contribution < -0.4 is 0 Å². The number of esters is 2. The fraction of sp³-hybridized carbons (Fsp3) is 0.727. The molecule has 0 heterocycles. The number of ether oxygens (including phenoxy) is 2. The molecule has 0 aromatic carbocycles. The van der Waals surface area contributed by atoms with Crippen molar-refractivity contribution in [2.75, 3.05) is 26.4 Å². The zero-order chi connectivity index (χ0) is 40.5. The third-order valence-corrected chi connectivity index (χ3v) is 9.66. The van der Waals surface area contributed by atoms with Crippen molar-refractivity contribution in [3.8, 4) is 0 Å². The molecule has 0 saturated carbocycles. The molecule has 0 aliphatic carbocycles. The summed E-state index contributed by atoms with van der Waals surface area (Å²) in [6.45, 7) is 2.02. The lowest BCUT2D eigenvalue weighted by Crippen LogP contribution is -2.28. The normalized spacial score (nSPS) is 14.5. The Balaban J connectivity index is 3.96. The van der Waals surface area contributed by atoms with Crippen LogP contribution in [0.4, 0.5) is 0 Å². The van der Waals surface area contributed by atoms with E-state index in [-0.39, 0.29) is 12.8 Å². The smallest absolute Gasteiger partial charge is 0.457 e. The molecule has 0 bridgehead atoms. The Labute approximate surface area is 334 Å². The van der Waals surface area contributed by atoms with Gasteiger partial charge in [-0.25, -0.2) is 4.57 Å². The van der Waals surface area contributed by atoms with Crippen molar-refractivity contribution in [2.24, 2.45) is 0 Å². The number of phosphoric ester groups is 1. The van der Waals surface area contributed by atoms with E-state index in [1.165, 1.54) is 57.8 Å². The first-order chi connectivity index (χ1) is 26.8. The summed E-state index contributed by atoms with van der Waals surface area (Å²) in [5.41, 5.74) is 0. The van der Waals surface area contributed by atoms with Crippen LogP contribution in [0.1, 0.15) is 168 Å². The lowest BCUT2D eigenvalue weighted by Gasteiger charge is -2.20. The van der Waals surface area contributed by atoms with Crippen LogP contribution in [-0.4, -0.2) is 65.7 Å². The molecule has 0 fully saturated rings. The van der Waals surface area contributed by atoms with E-state index in [1.54, 1.807) is 0 Å². The minimum atomic E-state index is -4.65. The number of aliphatic hydroxyl groups is 2. The predicted molar refractivity (Wildman–Crippen MR) is 224 cm³/mol. The molecule has 10 nitrogen and oxygen atoms in total. The molecule has 0 aromatic rings. The lowest BCUT2D eigenvalue weighted by atomic mass is 10.1. The van der Waals surface area contributed by atoms with Gasteiger partial charge in [-0.05, 0) is 77.0 Å². The molecule has 318 valence electrons. The van der Waals surface area contributed by atoms with Crippen LogP contribution in [0.25, 0.3) is 0 Å². The molecule has 3 unspecified atom stereocenters. The zero-order valence-corrected chi connectivity index (χ0v) is 35.3. The highest BCUT2D eigenvalue weighted by Gasteiger charge is 2.27. The molecule has 0 saturated heterocycles. The van der Waals surface area contributed by atoms with Gasteiger partial charge in [0.2, 0.25) is 0 Å². The molecular weight excluding hydrogens is 719 g/mol. The zero-order valence-electron chi connectivity index (χ0n) is 34.4. The standard InChI is InChI=1S/C44H77O10P/c1-3-5-7-9-11-13-15-17-18-19-20-21-22-24-26-28-30-32-34-36-44(48)54-42(38-46)40-52-55(49,50)51-39-41(37-45)53-43(47)35-33-31-29-27-25-23-16-14-12-10-8-6-4-2/h6,8,11-14,17-18,23,25,41-42,45-46H,3-5,7,9-10,15-16,19-22,24,26-40H2,1-2H3,(H,49,50)/b8-6-,13-11-,14-12-,18-17-,25-23-. The van der Waals surface area contributed by atoms with Crippen molar-refractivity contribution in [2.45, 2.75) is 180 Å². The number of carbonyl (C=O) groups excluding carboxylic acids is 2. The largest absolute Gasteiger partial charge is 0.472 e. The number of rotatable bonds is 39. The molecule has 0 rings (SSSR count). The minimum absolute atomic E-state index is 0.154. The van der Waals surface area contributed by atoms with Crippen molar-refractivity contribution >= 4 is 19.8 Å². The highest BCUT2D eigenvalue weighted by Crippen LogP contribution is 2.43. The molecule has 0 radical (unpaired) electrons. The van der Waals surface area contributed by atoms with Crippen molar-refractivity contribution < 1.29 is 47.8 Å². The van der Waals surface area contributed by atoms with Crippen molar-refractivity contribution in [1.82, 2.24) is 0 Å². The summed E-state index contributed by atoms with van der Waals surface area (Å²) in [5, 5.41) is 19.1. The number of allylic oxidation sites excluding steroid dienone is 10. The third kappa shape index (κ3) is 38.3. The first-order valence-electron chi connectivity index (χ1n) is 21.2. The van der Waals surface area contributed by atoms with Crippen LogP contribution in [-0.2, 0) is 32.7 Å². The quantitative estimate of drug-likeness (QED) is 0.0237. The summed E-state index contributed by atoms with van der Waals surface area (Å²) in [6, 6.07) is 0. The Hall–Kier alpha value is -2.33. The van der Waals surface area contributed by atoms with E-state index in [2.05, 4.69) is 74.6 Å². The maximum Gasteiger partial charge on any atom is 0.472 e. The molecule has 0 aliphatic rings. The molecule has 11 heteroatoms. The van der Waals surface area contributed by atoms with Crippen molar-refractivity contribution in [1.29, 1.82) is 0 Å². The topological polar surface area (TPSA) is 149 Å². The maximum atomic E-state index is 12.3. The number of aliphatic hydroxyl groups excluding tert-OH is 2. The average molecular weight is 797 g/mol. The van der Waals surface area contributed by atoms with E-state index in [0.29, 0.717) is 12.8 Å². The van der Waals surface area contributed by atoms with Gasteiger partial charge in [0.05, 0.1) is 26.4 Å². The number of carbonyl (C=O) groups is 2. The number of phosphoric acid groups is 1. The van der Waals surface area contributed by atoms with E-state index in [4.69, 9.17) is 18.5 Å². The van der Waals surface area contributed by atoms with E-state index in [9.17, 15) is 29.3 Å². The average Bonchev–Trinajstić information content (AvgIpc) is 3.17. The van der Waals surface area contributed by atoms with Gasteiger partial charge in [0, 0.05) is 12.8 Å². The minimum Gasteiger partial charge on any atom is -0.457 e. The molecule has 0 aliphatic heterocycles. The van der Waals surface area contributed by atoms with Gasteiger partial charge in [-0.15, -0.1) is 0 Å². The van der Waals surface area contributed by atoms with Gasteiger partial charge in [0.15, 0.2) is 0 Å². The first kappa shape index (κ1) is 52.7. The maximum absolute atomic E-state index is 12.3. The van der Waals surface area contributed by atoms with Gasteiger partial charge in [-0.3, -0.25) is 18.6 Å². The Morgan fingerprint density at radius 2 is 0.855 bits per heavy atom. The molecule has 3 atom stereocenters. The molecule has 0 spiro atoms. The summed E-state index contributed by atoms with van der Waals surface area (Å²) >= 11 is 0. The summed E-state index contributed by atoms with van der Waals surface area (Å²) in [6.07, 6.45) is 43.4. The van der Waals surface area contributed by atoms with Gasteiger partial charge in [0.25, 0.3) is 0 Å². The van der Waals surface area contributed by atoms with Crippen LogP contribution in [0.3, 0.4) is 0 Å². The number of hydrogen-bond acceptors (Lipinski definition) is 9. The fourth-order valence-electron chi connectivity index (χ4n) is 5.45. The molecule has 3 N–H and O–H groups in total. The van der Waals surface area contributed by atoms with Crippen molar-refractivity contribution in [3.63, 3.8) is 0 Å². The van der Waals surface area contributed by atoms with Crippen LogP contribution in [0.5, 0.6) is 0 Å². The Morgan fingerprint density at radius 1 is 0.509 bits per heavy atom. The highest BCUT2D eigenvalue weighted by atomic mass is 31.2. The van der Waals surface area contributed by atoms with E-state index < -0.39 is 58.4 Å². The summed E-state index contributed by atoms with van der Waals surface area (Å²) < 4.78 is 32.5. The molecule has 0 amide bonds. The van der Waals surface area contributed by atoms with E-state index in [1.807, 2.05) is 0 Å². The van der Waals surface area contributed by atoms with Crippen LogP contribution in [0.2, 0.25) is 0 Å². The van der Waals surface area contributed by atoms with Gasteiger partial charge < -0.3 is 24.6 Å². The van der Waals surface area contributed by atoms with Gasteiger partial charge in [-0.1, -0.05) is 139 Å². The second-order valence-electron chi connectivity index (χ2n) is 13.9. The number of unbranched alkanes of at least 4 members (excludes halogenated alkanes) is 15. The number of hydrogen-bond donors (Lipinski definition) is 3. The fourth-order valence-corrected chi connectivity index (χ4v) is 6.24. The lowest BCUT2D eigenvalue weighted by molar-refractivity contribution is -0.153. The van der Waals surface area contributed by atoms with Crippen LogP contribution >= 0.6 is 7.82 Å². The molecular formula is C44H77O10P. The summed E-state index contributed by atoms with van der Waals surface area (Å²) in [5.74, 6) is -1.06. The van der Waals surface area contributed by atoms with Gasteiger partial charge in [0.1, 0.15) is 12.2 Å². The first-order valence-corrected chi connectivity index (χ1v) is 22.7. The monoisotopic (exact) mass is 797 g/mol. The Morgan fingerprint density at radius 3 is 1.25 bits per heavy atom. The highest BCUT2D eigenvalue weighted by molar-refractivity contribution is 7.47. The predicted octanol–water partition coefficient (Wildman–Crippen LogP) is 11.1. The van der Waals surface area contributed by atoms with Gasteiger partial charge >= 0.3 is 19.8 Å². The van der Waals surface area contributed by atoms with Gasteiger partial charge in [-0.2, -0.15) is 0 Å². The second kappa shape index (κ2) is 39.9. The van der Waals surface area contributed by atoms with E-state index in [0.717, 1.165) is 70.6 Å². The Kier molecular flexibility index (Phi) is 38.2. The summed E-state index contributed by atoms with van der Waals surface area (Å²) in [4.78, 5) is 34.5. The molecule has 0 aromatic heterocycles. The SMILES string of the molecule is CC/C=C\C/C=C\C/C=C\CCCCCC(=O)OC(CO)COP(=O)(O)OCC(CO)OC(=O)CCCCCCCCCCC/C=C\C/C=C\CCCCC. The van der Waals surface area contributed by atoms with Crippen molar-refractivity contribution in [3.05, 3.63) is 60.8 Å². The molecule has 55 heavy (non-hydrogen) atoms. The van der Waals surface area contributed by atoms with Crippen LogP contribution in [0.15, 0.2) is 60.8 Å². The second-order valence-corrected chi connectivity index (χ2v) is 15.4. The third-order valence-electron chi connectivity index (χ3n) is 8.71. The summed E-state index contributed by atoms with van der Waals surface area (Å²) in [7, 11) is -4.65. The van der Waals surface area contributed by atoms with Crippen LogP contribution in [0, 0.1) is 0 Å². The Bertz CT molecular complexity index is 1100. The van der Waals surface area contributed by atoms with E-state index >= 15 is 0 Å².